The first-order chi connectivity index (χ1) is 10.2. The molecule has 110 valence electrons. The summed E-state index contributed by atoms with van der Waals surface area (Å²) in [5.74, 6) is 0.121. The van der Waals surface area contributed by atoms with Gasteiger partial charge in [-0.2, -0.15) is 0 Å². The van der Waals surface area contributed by atoms with Crippen LogP contribution < -0.4 is 5.32 Å². The van der Waals surface area contributed by atoms with Gasteiger partial charge >= 0.3 is 0 Å². The molecule has 0 spiro atoms. The van der Waals surface area contributed by atoms with Crippen molar-refractivity contribution in [2.75, 3.05) is 18.9 Å². The maximum absolute atomic E-state index is 11.8. The molecule has 0 fully saturated rings. The smallest absolute Gasteiger partial charge is 0.224 e. The van der Waals surface area contributed by atoms with E-state index < -0.39 is 0 Å². The minimum Gasteiger partial charge on any atom is -0.325 e. The molecule has 1 N–H and O–H groups in total. The summed E-state index contributed by atoms with van der Waals surface area (Å²) in [6, 6.07) is 8.33. The van der Waals surface area contributed by atoms with Gasteiger partial charge in [0, 0.05) is 42.2 Å². The van der Waals surface area contributed by atoms with Crippen molar-refractivity contribution >= 4 is 22.9 Å². The Morgan fingerprint density at radius 2 is 2.33 bits per heavy atom. The molecule has 2 aromatic rings. The number of hydrogen-bond donors (Lipinski definition) is 1. The van der Waals surface area contributed by atoms with E-state index in [1.165, 1.54) is 4.88 Å². The van der Waals surface area contributed by atoms with Crippen molar-refractivity contribution in [2.24, 2.45) is 0 Å². The average Bonchev–Trinajstić information content (AvgIpc) is 2.88. The number of rotatable bonds is 4. The first-order valence-electron chi connectivity index (χ1n) is 7.21. The molecule has 1 unspecified atom stereocenters. The van der Waals surface area contributed by atoms with Crippen LogP contribution in [-0.2, 0) is 11.2 Å². The van der Waals surface area contributed by atoms with Crippen LogP contribution in [0.1, 0.15) is 29.5 Å². The molecule has 3 rings (SSSR count). The molecular formula is C16H19N3OS. The highest BCUT2D eigenvalue weighted by atomic mass is 32.1. The second-order valence-corrected chi connectivity index (χ2v) is 6.30. The van der Waals surface area contributed by atoms with E-state index in [0.717, 1.165) is 30.8 Å². The van der Waals surface area contributed by atoms with E-state index in [0.29, 0.717) is 12.5 Å². The molecule has 0 aromatic carbocycles. The molecule has 0 bridgehead atoms. The van der Waals surface area contributed by atoms with Gasteiger partial charge in [0.1, 0.15) is 0 Å². The quantitative estimate of drug-likeness (QED) is 0.944. The second-order valence-electron chi connectivity index (χ2n) is 5.35. The SMILES string of the molecule is CN(CCc1ccccn1)C1CCC(=O)Nc2ccsc21. The first-order valence-corrected chi connectivity index (χ1v) is 8.09. The van der Waals surface area contributed by atoms with E-state index in [-0.39, 0.29) is 5.91 Å². The monoisotopic (exact) mass is 301 g/mol. The van der Waals surface area contributed by atoms with Crippen molar-refractivity contribution in [2.45, 2.75) is 25.3 Å². The molecule has 2 aromatic heterocycles. The molecule has 0 saturated carbocycles. The maximum Gasteiger partial charge on any atom is 0.224 e. The minimum atomic E-state index is 0.121. The molecule has 5 heteroatoms. The largest absolute Gasteiger partial charge is 0.325 e. The van der Waals surface area contributed by atoms with Gasteiger partial charge in [0.15, 0.2) is 0 Å². The van der Waals surface area contributed by atoms with Crippen LogP contribution in [0.5, 0.6) is 0 Å². The molecule has 0 aliphatic carbocycles. The minimum absolute atomic E-state index is 0.121. The number of nitrogens with one attached hydrogen (secondary N) is 1. The summed E-state index contributed by atoms with van der Waals surface area (Å²) in [5, 5.41) is 5.04. The molecule has 21 heavy (non-hydrogen) atoms. The number of thiophene rings is 1. The van der Waals surface area contributed by atoms with Crippen molar-refractivity contribution in [3.8, 4) is 0 Å². The molecule has 3 heterocycles. The molecule has 1 aliphatic rings. The molecule has 0 radical (unpaired) electrons. The third-order valence-corrected chi connectivity index (χ3v) is 4.91. The van der Waals surface area contributed by atoms with Gasteiger partial charge in [-0.15, -0.1) is 11.3 Å². The van der Waals surface area contributed by atoms with Crippen molar-refractivity contribution in [3.05, 3.63) is 46.4 Å². The average molecular weight is 301 g/mol. The molecule has 1 atom stereocenters. The standard InChI is InChI=1S/C16H19N3OS/c1-19(10-7-12-4-2-3-9-17-12)14-5-6-15(20)18-13-8-11-21-16(13)14/h2-4,8-9,11,14H,5-7,10H2,1H3,(H,18,20). The fourth-order valence-electron chi connectivity index (χ4n) is 2.71. The maximum atomic E-state index is 11.8. The number of carbonyl (C=O) groups is 1. The Balaban J connectivity index is 1.70. The summed E-state index contributed by atoms with van der Waals surface area (Å²) in [7, 11) is 2.13. The van der Waals surface area contributed by atoms with Gasteiger partial charge < -0.3 is 5.32 Å². The van der Waals surface area contributed by atoms with Gasteiger partial charge in [-0.25, -0.2) is 0 Å². The van der Waals surface area contributed by atoms with Crippen molar-refractivity contribution in [3.63, 3.8) is 0 Å². The summed E-state index contributed by atoms with van der Waals surface area (Å²) in [4.78, 5) is 19.7. The molecule has 1 aliphatic heterocycles. The van der Waals surface area contributed by atoms with Crippen LogP contribution in [0.25, 0.3) is 0 Å². The lowest BCUT2D eigenvalue weighted by Crippen LogP contribution is -2.26. The van der Waals surface area contributed by atoms with Gasteiger partial charge in [0.2, 0.25) is 5.91 Å². The van der Waals surface area contributed by atoms with Gasteiger partial charge in [-0.3, -0.25) is 14.7 Å². The van der Waals surface area contributed by atoms with Crippen LogP contribution >= 0.6 is 11.3 Å². The normalized spacial score (nSPS) is 18.2. The number of amides is 1. The van der Waals surface area contributed by atoms with Crippen LogP contribution in [0.15, 0.2) is 35.8 Å². The highest BCUT2D eigenvalue weighted by molar-refractivity contribution is 7.10. The van der Waals surface area contributed by atoms with E-state index in [1.54, 1.807) is 11.3 Å². The molecular weight excluding hydrogens is 282 g/mol. The van der Waals surface area contributed by atoms with Crippen LogP contribution in [0.2, 0.25) is 0 Å². The molecule has 4 nitrogen and oxygen atoms in total. The van der Waals surface area contributed by atoms with E-state index in [9.17, 15) is 4.79 Å². The van der Waals surface area contributed by atoms with Gasteiger partial charge in [-0.05, 0) is 37.0 Å². The highest BCUT2D eigenvalue weighted by Gasteiger charge is 2.26. The van der Waals surface area contributed by atoms with Gasteiger partial charge in [0.25, 0.3) is 0 Å². The number of aromatic nitrogens is 1. The summed E-state index contributed by atoms with van der Waals surface area (Å²) in [5.41, 5.74) is 2.09. The summed E-state index contributed by atoms with van der Waals surface area (Å²) < 4.78 is 0. The number of anilines is 1. The zero-order valence-electron chi connectivity index (χ0n) is 12.1. The van der Waals surface area contributed by atoms with Gasteiger partial charge in [0.05, 0.1) is 5.69 Å². The Kier molecular flexibility index (Phi) is 4.31. The topological polar surface area (TPSA) is 45.2 Å². The summed E-state index contributed by atoms with van der Waals surface area (Å²) >= 11 is 1.73. The van der Waals surface area contributed by atoms with Crippen molar-refractivity contribution in [1.82, 2.24) is 9.88 Å². The molecule has 1 amide bonds. The predicted octanol–water partition coefficient (Wildman–Crippen LogP) is 3.09. The second kappa shape index (κ2) is 6.37. The van der Waals surface area contributed by atoms with E-state index in [1.807, 2.05) is 24.4 Å². The number of fused-ring (bicyclic) bond motifs is 1. The number of carbonyl (C=O) groups excluding carboxylic acids is 1. The molecule has 0 saturated heterocycles. The summed E-state index contributed by atoms with van der Waals surface area (Å²) in [6.45, 7) is 0.938. The van der Waals surface area contributed by atoms with Crippen molar-refractivity contribution < 1.29 is 4.79 Å². The number of hydrogen-bond acceptors (Lipinski definition) is 4. The Morgan fingerprint density at radius 3 is 3.14 bits per heavy atom. The van der Waals surface area contributed by atoms with Crippen molar-refractivity contribution in [1.29, 1.82) is 0 Å². The number of nitrogens with zero attached hydrogens (tertiary/aromatic N) is 2. The fraction of sp³-hybridized carbons (Fsp3) is 0.375. The van der Waals surface area contributed by atoms with Crippen LogP contribution in [0.3, 0.4) is 0 Å². The predicted molar refractivity (Wildman–Crippen MR) is 85.5 cm³/mol. The highest BCUT2D eigenvalue weighted by Crippen LogP contribution is 2.37. The number of likely N-dealkylation sites (N-methyl/N-ethyl adjacent to an activating group) is 1. The van der Waals surface area contributed by atoms with E-state index in [2.05, 4.69) is 33.7 Å². The van der Waals surface area contributed by atoms with E-state index >= 15 is 0 Å². The lowest BCUT2D eigenvalue weighted by Gasteiger charge is -2.26. The first kappa shape index (κ1) is 14.2. The number of pyridine rings is 1. The lowest BCUT2D eigenvalue weighted by molar-refractivity contribution is -0.116. The Bertz CT molecular complexity index is 611. The van der Waals surface area contributed by atoms with Crippen LogP contribution in [-0.4, -0.2) is 29.4 Å². The Hall–Kier alpha value is -1.72. The van der Waals surface area contributed by atoms with E-state index in [4.69, 9.17) is 0 Å². The third kappa shape index (κ3) is 3.31. The zero-order valence-corrected chi connectivity index (χ0v) is 12.9. The zero-order chi connectivity index (χ0) is 14.7. The Labute approximate surface area is 128 Å². The third-order valence-electron chi connectivity index (χ3n) is 3.90. The Morgan fingerprint density at radius 1 is 1.43 bits per heavy atom. The van der Waals surface area contributed by atoms with Crippen LogP contribution in [0.4, 0.5) is 5.69 Å². The van der Waals surface area contributed by atoms with Crippen LogP contribution in [0, 0.1) is 0 Å². The van der Waals surface area contributed by atoms with Gasteiger partial charge in [-0.1, -0.05) is 6.07 Å². The fourth-order valence-corrected chi connectivity index (χ4v) is 3.76. The lowest BCUT2D eigenvalue weighted by atomic mass is 10.1. The summed E-state index contributed by atoms with van der Waals surface area (Å²) in [6.07, 6.45) is 4.22.